The molecule has 1 aromatic heterocycles. The number of hydrogen-bond donors (Lipinski definition) is 1. The molecule has 0 spiro atoms. The minimum atomic E-state index is -0.373. The highest BCUT2D eigenvalue weighted by Gasteiger charge is 2.36. The third-order valence-electron chi connectivity index (χ3n) is 5.77. The summed E-state index contributed by atoms with van der Waals surface area (Å²) in [5.74, 6) is -0.0584. The Balaban J connectivity index is 1.61. The van der Waals surface area contributed by atoms with Gasteiger partial charge in [-0.15, -0.1) is 11.3 Å². The number of carbonyl (C=O) groups is 2. The lowest BCUT2D eigenvalue weighted by Gasteiger charge is -2.45. The van der Waals surface area contributed by atoms with Gasteiger partial charge in [-0.25, -0.2) is 0 Å². The predicted octanol–water partition coefficient (Wildman–Crippen LogP) is 2.75. The van der Waals surface area contributed by atoms with Crippen LogP contribution in [0.15, 0.2) is 17.5 Å². The van der Waals surface area contributed by atoms with Crippen LogP contribution in [-0.4, -0.2) is 71.6 Å². The van der Waals surface area contributed by atoms with Crippen molar-refractivity contribution in [3.8, 4) is 0 Å². The summed E-state index contributed by atoms with van der Waals surface area (Å²) >= 11 is 1.43. The van der Waals surface area contributed by atoms with Crippen LogP contribution in [0.25, 0.3) is 0 Å². The fourth-order valence-corrected chi connectivity index (χ4v) is 4.87. The lowest BCUT2D eigenvalue weighted by Crippen LogP contribution is -2.60. The van der Waals surface area contributed by atoms with Gasteiger partial charge in [-0.3, -0.25) is 14.5 Å². The van der Waals surface area contributed by atoms with Crippen molar-refractivity contribution >= 4 is 23.2 Å². The molecule has 0 radical (unpaired) electrons. The Morgan fingerprint density at radius 3 is 2.61 bits per heavy atom. The molecule has 156 valence electrons. The van der Waals surface area contributed by atoms with Crippen molar-refractivity contribution in [1.82, 2.24) is 15.1 Å². The van der Waals surface area contributed by atoms with E-state index in [9.17, 15) is 9.59 Å². The SMILES string of the molecule is CC1CN(C(C)(C)CNC(=O)C2CCCCN2C(=O)c2cccs2)CC(C)O1. The first-order valence-corrected chi connectivity index (χ1v) is 11.2. The van der Waals surface area contributed by atoms with Gasteiger partial charge >= 0.3 is 0 Å². The van der Waals surface area contributed by atoms with Crippen LogP contribution < -0.4 is 5.32 Å². The van der Waals surface area contributed by atoms with E-state index in [1.165, 1.54) is 11.3 Å². The molecule has 28 heavy (non-hydrogen) atoms. The Labute approximate surface area is 172 Å². The largest absolute Gasteiger partial charge is 0.373 e. The van der Waals surface area contributed by atoms with Crippen LogP contribution in [0.5, 0.6) is 0 Å². The Morgan fingerprint density at radius 1 is 1.25 bits per heavy atom. The first-order valence-electron chi connectivity index (χ1n) is 10.3. The van der Waals surface area contributed by atoms with Crippen LogP contribution in [0.3, 0.4) is 0 Å². The van der Waals surface area contributed by atoms with E-state index in [0.29, 0.717) is 18.0 Å². The zero-order valence-electron chi connectivity index (χ0n) is 17.4. The van der Waals surface area contributed by atoms with Crippen molar-refractivity contribution in [2.45, 2.75) is 70.7 Å². The number of rotatable bonds is 5. The van der Waals surface area contributed by atoms with Crippen molar-refractivity contribution < 1.29 is 14.3 Å². The minimum absolute atomic E-state index is 0.0232. The van der Waals surface area contributed by atoms with E-state index in [0.717, 1.165) is 32.4 Å². The summed E-state index contributed by atoms with van der Waals surface area (Å²) in [7, 11) is 0. The van der Waals surface area contributed by atoms with Gasteiger partial charge < -0.3 is 15.0 Å². The molecule has 2 saturated heterocycles. The molecule has 2 fully saturated rings. The highest BCUT2D eigenvalue weighted by molar-refractivity contribution is 7.12. The van der Waals surface area contributed by atoms with Crippen molar-refractivity contribution in [3.63, 3.8) is 0 Å². The molecular formula is C21H33N3O3S. The van der Waals surface area contributed by atoms with Crippen LogP contribution >= 0.6 is 11.3 Å². The summed E-state index contributed by atoms with van der Waals surface area (Å²) in [5.41, 5.74) is -0.167. The maximum Gasteiger partial charge on any atom is 0.264 e. The molecule has 6 nitrogen and oxygen atoms in total. The molecule has 0 aliphatic carbocycles. The van der Waals surface area contributed by atoms with Gasteiger partial charge in [-0.1, -0.05) is 6.07 Å². The second-order valence-electron chi connectivity index (χ2n) is 8.68. The number of nitrogens with zero attached hydrogens (tertiary/aromatic N) is 2. The Hall–Kier alpha value is -1.44. The van der Waals surface area contributed by atoms with Crippen LogP contribution in [0.1, 0.15) is 56.6 Å². The first-order chi connectivity index (χ1) is 13.3. The molecule has 3 rings (SSSR count). The first kappa shape index (κ1) is 21.3. The highest BCUT2D eigenvalue weighted by Crippen LogP contribution is 2.23. The number of morpholine rings is 1. The fourth-order valence-electron chi connectivity index (χ4n) is 4.19. The van der Waals surface area contributed by atoms with E-state index >= 15 is 0 Å². The van der Waals surface area contributed by atoms with E-state index in [1.807, 2.05) is 17.5 Å². The molecule has 2 amide bonds. The number of ether oxygens (including phenoxy) is 1. The number of likely N-dealkylation sites (tertiary alicyclic amines) is 1. The summed E-state index contributed by atoms with van der Waals surface area (Å²) in [5, 5.41) is 5.04. The maximum absolute atomic E-state index is 13.0. The molecule has 1 N–H and O–H groups in total. The summed E-state index contributed by atoms with van der Waals surface area (Å²) in [6, 6.07) is 3.34. The van der Waals surface area contributed by atoms with E-state index in [1.54, 1.807) is 4.90 Å². The fraction of sp³-hybridized carbons (Fsp3) is 0.714. The number of carbonyl (C=O) groups excluding carboxylic acids is 2. The van der Waals surface area contributed by atoms with Gasteiger partial charge in [-0.2, -0.15) is 0 Å². The normalized spacial score (nSPS) is 26.9. The van der Waals surface area contributed by atoms with Crippen LogP contribution in [0, 0.1) is 0 Å². The van der Waals surface area contributed by atoms with Crippen LogP contribution in [0.4, 0.5) is 0 Å². The van der Waals surface area contributed by atoms with Crippen molar-refractivity contribution in [3.05, 3.63) is 22.4 Å². The topological polar surface area (TPSA) is 61.9 Å². The standard InChI is InChI=1S/C21H33N3O3S/c1-15-12-23(13-16(2)27-15)21(3,4)14-22-19(25)17-8-5-6-10-24(17)20(26)18-9-7-11-28-18/h7,9,11,15-17H,5-6,8,10,12-14H2,1-4H3,(H,22,25). The van der Waals surface area contributed by atoms with Crippen molar-refractivity contribution in [1.29, 1.82) is 0 Å². The van der Waals surface area contributed by atoms with Crippen LogP contribution in [-0.2, 0) is 9.53 Å². The van der Waals surface area contributed by atoms with E-state index < -0.39 is 0 Å². The summed E-state index contributed by atoms with van der Waals surface area (Å²) in [4.78, 5) is 30.7. The minimum Gasteiger partial charge on any atom is -0.373 e. The van der Waals surface area contributed by atoms with E-state index in [4.69, 9.17) is 4.74 Å². The molecule has 3 unspecified atom stereocenters. The predicted molar refractivity (Wildman–Crippen MR) is 112 cm³/mol. The third kappa shape index (κ3) is 4.93. The zero-order chi connectivity index (χ0) is 20.3. The molecule has 0 aromatic carbocycles. The number of nitrogens with one attached hydrogen (secondary N) is 1. The Bertz CT molecular complexity index is 666. The van der Waals surface area contributed by atoms with E-state index in [-0.39, 0.29) is 35.6 Å². The molecule has 1 aromatic rings. The van der Waals surface area contributed by atoms with Crippen molar-refractivity contribution in [2.75, 3.05) is 26.2 Å². The van der Waals surface area contributed by atoms with Gasteiger partial charge in [0.2, 0.25) is 5.91 Å². The monoisotopic (exact) mass is 407 g/mol. The van der Waals surface area contributed by atoms with Gasteiger partial charge in [0, 0.05) is 31.7 Å². The average Bonchev–Trinajstić information content (AvgIpc) is 3.19. The van der Waals surface area contributed by atoms with E-state index in [2.05, 4.69) is 37.9 Å². The second kappa shape index (κ2) is 8.93. The van der Waals surface area contributed by atoms with Gasteiger partial charge in [-0.05, 0) is 58.4 Å². The van der Waals surface area contributed by atoms with Gasteiger partial charge in [0.15, 0.2) is 0 Å². The molecular weight excluding hydrogens is 374 g/mol. The quantitative estimate of drug-likeness (QED) is 0.815. The summed E-state index contributed by atoms with van der Waals surface area (Å²) in [6.45, 7) is 11.4. The second-order valence-corrected chi connectivity index (χ2v) is 9.63. The lowest BCUT2D eigenvalue weighted by atomic mass is 9.98. The van der Waals surface area contributed by atoms with Crippen LogP contribution in [0.2, 0.25) is 0 Å². The maximum atomic E-state index is 13.0. The summed E-state index contributed by atoms with van der Waals surface area (Å²) < 4.78 is 5.84. The highest BCUT2D eigenvalue weighted by atomic mass is 32.1. The van der Waals surface area contributed by atoms with Gasteiger partial charge in [0.1, 0.15) is 6.04 Å². The number of piperidine rings is 1. The molecule has 0 saturated carbocycles. The van der Waals surface area contributed by atoms with Crippen molar-refractivity contribution in [2.24, 2.45) is 0 Å². The third-order valence-corrected chi connectivity index (χ3v) is 6.63. The molecule has 0 bridgehead atoms. The Morgan fingerprint density at radius 2 is 1.96 bits per heavy atom. The zero-order valence-corrected chi connectivity index (χ0v) is 18.3. The number of thiophene rings is 1. The smallest absolute Gasteiger partial charge is 0.264 e. The molecule has 7 heteroatoms. The lowest BCUT2D eigenvalue weighted by molar-refractivity contribution is -0.128. The molecule has 2 aliphatic rings. The average molecular weight is 408 g/mol. The summed E-state index contributed by atoms with van der Waals surface area (Å²) in [6.07, 6.45) is 3.05. The molecule has 3 atom stereocenters. The van der Waals surface area contributed by atoms with Gasteiger partial charge in [0.25, 0.3) is 5.91 Å². The van der Waals surface area contributed by atoms with Gasteiger partial charge in [0.05, 0.1) is 17.1 Å². The number of amides is 2. The molecule has 2 aliphatic heterocycles. The Kier molecular flexibility index (Phi) is 6.78. The molecule has 3 heterocycles. The number of hydrogen-bond acceptors (Lipinski definition) is 5.